The summed E-state index contributed by atoms with van der Waals surface area (Å²) in [5, 5.41) is 9.50. The summed E-state index contributed by atoms with van der Waals surface area (Å²) in [5.41, 5.74) is 6.82. The molecule has 1 aliphatic heterocycles. The van der Waals surface area contributed by atoms with Crippen LogP contribution >= 0.6 is 0 Å². The van der Waals surface area contributed by atoms with Crippen molar-refractivity contribution in [2.75, 3.05) is 0 Å². The normalized spacial score (nSPS) is 11.2. The molecular weight excluding hydrogens is 294 g/mol. The molecule has 1 heterocycles. The predicted octanol–water partition coefficient (Wildman–Crippen LogP) is 5.55. The molecule has 0 atom stereocenters. The third kappa shape index (κ3) is 2.31. The van der Waals surface area contributed by atoms with Crippen molar-refractivity contribution in [1.82, 2.24) is 0 Å². The van der Waals surface area contributed by atoms with Crippen LogP contribution in [0.15, 0.2) is 65.1 Å². The average molecular weight is 313 g/mol. The number of rotatable bonds is 2. The van der Waals surface area contributed by atoms with Crippen LogP contribution in [-0.4, -0.2) is 0 Å². The van der Waals surface area contributed by atoms with Gasteiger partial charge in [-0.1, -0.05) is 43.3 Å². The molecule has 118 valence electrons. The van der Waals surface area contributed by atoms with Crippen LogP contribution in [0.1, 0.15) is 18.1 Å². The van der Waals surface area contributed by atoms with Gasteiger partial charge in [0, 0.05) is 22.6 Å². The molecule has 24 heavy (non-hydrogen) atoms. The second-order valence-electron chi connectivity index (χ2n) is 6.19. The Morgan fingerprint density at radius 1 is 0.917 bits per heavy atom. The van der Waals surface area contributed by atoms with E-state index in [0.717, 1.165) is 28.7 Å². The molecule has 0 spiro atoms. The molecular formula is C22H19NO. The molecule has 0 radical (unpaired) electrons. The van der Waals surface area contributed by atoms with Gasteiger partial charge in [-0.05, 0) is 48.2 Å². The number of aryl methyl sites for hydroxylation is 2. The Morgan fingerprint density at radius 2 is 1.75 bits per heavy atom. The van der Waals surface area contributed by atoms with E-state index in [1.165, 1.54) is 22.3 Å². The first-order valence-electron chi connectivity index (χ1n) is 8.27. The van der Waals surface area contributed by atoms with Gasteiger partial charge in [-0.2, -0.15) is 0 Å². The largest absolute Gasteiger partial charge is 0.456 e. The van der Waals surface area contributed by atoms with Gasteiger partial charge < -0.3 is 9.83 Å². The number of hydrogen-bond acceptors (Lipinski definition) is 2. The molecule has 2 aromatic carbocycles. The summed E-state index contributed by atoms with van der Waals surface area (Å²) in [7, 11) is 0. The lowest BCUT2D eigenvalue weighted by Gasteiger charge is -2.17. The Labute approximate surface area is 141 Å². The molecule has 2 heteroatoms. The van der Waals surface area contributed by atoms with Crippen LogP contribution in [0.3, 0.4) is 0 Å². The third-order valence-corrected chi connectivity index (χ3v) is 4.61. The van der Waals surface area contributed by atoms with Crippen molar-refractivity contribution < 1.29 is 4.42 Å². The quantitative estimate of drug-likeness (QED) is 0.484. The second-order valence-corrected chi connectivity index (χ2v) is 6.19. The van der Waals surface area contributed by atoms with Crippen molar-refractivity contribution >= 4 is 11.0 Å². The van der Waals surface area contributed by atoms with E-state index >= 15 is 0 Å². The molecule has 2 aromatic rings. The minimum atomic E-state index is 0.466. The standard InChI is InChI=1S/C22H19NO/c1-3-15-8-10-18-20(12-15)24-21-13-16(23)9-11-19(21)22(18)17-7-5-4-6-14(17)2/h4-13,23H,3H2,1-2H3. The Kier molecular flexibility index (Phi) is 3.46. The van der Waals surface area contributed by atoms with E-state index in [0.29, 0.717) is 5.36 Å². The van der Waals surface area contributed by atoms with Crippen LogP contribution in [-0.2, 0) is 6.42 Å². The van der Waals surface area contributed by atoms with Crippen molar-refractivity contribution in [3.8, 4) is 22.5 Å². The van der Waals surface area contributed by atoms with Crippen LogP contribution in [0.25, 0.3) is 33.4 Å². The maximum absolute atomic E-state index is 7.92. The average Bonchev–Trinajstić information content (AvgIpc) is 2.59. The first-order valence-corrected chi connectivity index (χ1v) is 8.27. The van der Waals surface area contributed by atoms with Crippen LogP contribution in [0.2, 0.25) is 0 Å². The fourth-order valence-corrected chi connectivity index (χ4v) is 3.30. The number of hydrogen-bond donors (Lipinski definition) is 1. The van der Waals surface area contributed by atoms with E-state index in [1.807, 2.05) is 12.1 Å². The fraction of sp³-hybridized carbons (Fsp3) is 0.136. The summed E-state index contributed by atoms with van der Waals surface area (Å²) in [6.45, 7) is 4.28. The highest BCUT2D eigenvalue weighted by atomic mass is 16.3. The smallest absolute Gasteiger partial charge is 0.137 e. The summed E-state index contributed by atoms with van der Waals surface area (Å²) in [4.78, 5) is 0. The molecule has 0 saturated carbocycles. The van der Waals surface area contributed by atoms with Crippen molar-refractivity contribution in [2.45, 2.75) is 20.3 Å². The van der Waals surface area contributed by atoms with Crippen LogP contribution < -0.4 is 5.36 Å². The molecule has 0 bridgehead atoms. The van der Waals surface area contributed by atoms with Crippen LogP contribution in [0.5, 0.6) is 0 Å². The van der Waals surface area contributed by atoms with Gasteiger partial charge in [0.2, 0.25) is 0 Å². The zero-order valence-corrected chi connectivity index (χ0v) is 13.9. The van der Waals surface area contributed by atoms with Crippen molar-refractivity contribution in [3.05, 3.63) is 77.1 Å². The lowest BCUT2D eigenvalue weighted by molar-refractivity contribution is 0.618. The molecule has 1 aliphatic carbocycles. The molecule has 1 N–H and O–H groups in total. The predicted molar refractivity (Wildman–Crippen MR) is 98.2 cm³/mol. The number of nitrogens with one attached hydrogen (secondary N) is 1. The van der Waals surface area contributed by atoms with Gasteiger partial charge in [0.1, 0.15) is 11.3 Å². The summed E-state index contributed by atoms with van der Waals surface area (Å²) in [6, 6.07) is 20.5. The van der Waals surface area contributed by atoms with Gasteiger partial charge in [-0.3, -0.25) is 0 Å². The highest BCUT2D eigenvalue weighted by molar-refractivity contribution is 6.02. The van der Waals surface area contributed by atoms with E-state index in [4.69, 9.17) is 9.83 Å². The van der Waals surface area contributed by atoms with Gasteiger partial charge in [-0.15, -0.1) is 0 Å². The lowest BCUT2D eigenvalue weighted by atomic mass is 9.91. The molecule has 2 aliphatic rings. The lowest BCUT2D eigenvalue weighted by Crippen LogP contribution is -2.00. The Bertz CT molecular complexity index is 1070. The van der Waals surface area contributed by atoms with Gasteiger partial charge in [-0.25, -0.2) is 0 Å². The van der Waals surface area contributed by atoms with Crippen molar-refractivity contribution in [3.63, 3.8) is 0 Å². The molecule has 0 saturated heterocycles. The van der Waals surface area contributed by atoms with E-state index < -0.39 is 0 Å². The van der Waals surface area contributed by atoms with Gasteiger partial charge in [0.15, 0.2) is 0 Å². The first kappa shape index (κ1) is 14.7. The summed E-state index contributed by atoms with van der Waals surface area (Å²) in [5.74, 6) is 0.765. The number of benzene rings is 3. The minimum absolute atomic E-state index is 0.466. The molecule has 0 amide bonds. The highest BCUT2D eigenvalue weighted by Crippen LogP contribution is 2.40. The van der Waals surface area contributed by atoms with Crippen molar-refractivity contribution in [1.29, 1.82) is 5.41 Å². The monoisotopic (exact) mass is 313 g/mol. The highest BCUT2D eigenvalue weighted by Gasteiger charge is 2.17. The Morgan fingerprint density at radius 3 is 2.54 bits per heavy atom. The summed E-state index contributed by atoms with van der Waals surface area (Å²) in [6.07, 6.45) is 0.974. The molecule has 0 fully saturated rings. The molecule has 2 nitrogen and oxygen atoms in total. The zero-order valence-electron chi connectivity index (χ0n) is 13.9. The summed E-state index contributed by atoms with van der Waals surface area (Å²) >= 11 is 0. The maximum atomic E-state index is 7.92. The molecule has 0 aromatic heterocycles. The first-order chi connectivity index (χ1) is 11.7. The third-order valence-electron chi connectivity index (χ3n) is 4.61. The van der Waals surface area contributed by atoms with E-state index in [2.05, 4.69) is 56.3 Å². The van der Waals surface area contributed by atoms with Gasteiger partial charge >= 0.3 is 0 Å². The minimum Gasteiger partial charge on any atom is -0.456 e. The Balaban J connectivity index is 2.19. The van der Waals surface area contributed by atoms with E-state index in [9.17, 15) is 0 Å². The maximum Gasteiger partial charge on any atom is 0.137 e. The van der Waals surface area contributed by atoms with Crippen LogP contribution in [0, 0.1) is 12.3 Å². The van der Waals surface area contributed by atoms with Crippen LogP contribution in [0.4, 0.5) is 0 Å². The molecule has 4 rings (SSSR count). The Hall–Kier alpha value is -2.87. The van der Waals surface area contributed by atoms with Crippen molar-refractivity contribution in [2.24, 2.45) is 0 Å². The summed E-state index contributed by atoms with van der Waals surface area (Å²) < 4.78 is 6.15. The topological polar surface area (TPSA) is 37.0 Å². The van der Waals surface area contributed by atoms with Gasteiger partial charge in [0.05, 0.1) is 5.36 Å². The fourth-order valence-electron chi connectivity index (χ4n) is 3.30. The van der Waals surface area contributed by atoms with E-state index in [-0.39, 0.29) is 0 Å². The molecule has 0 unspecified atom stereocenters. The van der Waals surface area contributed by atoms with E-state index in [1.54, 1.807) is 6.07 Å². The SMILES string of the molecule is CCc1ccc2c(-c3ccccc3C)c3ccc(=N)cc-3oc2c1. The second kappa shape index (κ2) is 5.64. The zero-order chi connectivity index (χ0) is 16.7. The number of fused-ring (bicyclic) bond motifs is 2. The van der Waals surface area contributed by atoms with Gasteiger partial charge in [0.25, 0.3) is 0 Å².